The molecule has 1 aromatic carbocycles. The highest BCUT2D eigenvalue weighted by Crippen LogP contribution is 2.24. The number of nitrogens with zero attached hydrogens (tertiary/aromatic N) is 3. The standard InChI is InChI=1S/C21H24N4O/c1-3-25(4-2)14-13-23-21(26)18-15-20(16-9-11-22-12-10-16)24-19-8-6-5-7-17(18)19/h5-12,15H,3-4,13-14H2,1-2H3,(H,23,26). The van der Waals surface area contributed by atoms with Gasteiger partial charge in [0.15, 0.2) is 0 Å². The molecule has 2 aromatic heterocycles. The van der Waals surface area contributed by atoms with Gasteiger partial charge in [-0.3, -0.25) is 9.78 Å². The molecule has 3 aromatic rings. The van der Waals surface area contributed by atoms with Gasteiger partial charge in [-0.1, -0.05) is 32.0 Å². The Morgan fingerprint density at radius 1 is 1.08 bits per heavy atom. The Kier molecular flexibility index (Phi) is 5.92. The Morgan fingerprint density at radius 2 is 1.81 bits per heavy atom. The molecule has 0 saturated heterocycles. The van der Waals surface area contributed by atoms with Gasteiger partial charge >= 0.3 is 0 Å². The van der Waals surface area contributed by atoms with E-state index < -0.39 is 0 Å². The molecular weight excluding hydrogens is 324 g/mol. The van der Waals surface area contributed by atoms with Crippen molar-refractivity contribution in [1.82, 2.24) is 20.2 Å². The Morgan fingerprint density at radius 3 is 2.54 bits per heavy atom. The predicted molar refractivity (Wildman–Crippen MR) is 105 cm³/mol. The van der Waals surface area contributed by atoms with Crippen LogP contribution in [-0.4, -0.2) is 47.0 Å². The smallest absolute Gasteiger partial charge is 0.252 e. The van der Waals surface area contributed by atoms with Crippen LogP contribution in [0.5, 0.6) is 0 Å². The first kappa shape index (κ1) is 18.0. The SMILES string of the molecule is CCN(CC)CCNC(=O)c1cc(-c2ccncc2)nc2ccccc12. The highest BCUT2D eigenvalue weighted by Gasteiger charge is 2.14. The number of carbonyl (C=O) groups excluding carboxylic acids is 1. The quantitative estimate of drug-likeness (QED) is 0.711. The maximum atomic E-state index is 12.8. The van der Waals surface area contributed by atoms with Gasteiger partial charge in [0, 0.05) is 36.4 Å². The topological polar surface area (TPSA) is 58.1 Å². The molecule has 5 nitrogen and oxygen atoms in total. The normalized spacial score (nSPS) is 11.0. The fraction of sp³-hybridized carbons (Fsp3) is 0.286. The second-order valence-corrected chi connectivity index (χ2v) is 6.09. The molecule has 0 atom stereocenters. The second kappa shape index (κ2) is 8.54. The summed E-state index contributed by atoms with van der Waals surface area (Å²) in [4.78, 5) is 23.9. The Hall–Kier alpha value is -2.79. The van der Waals surface area contributed by atoms with E-state index in [-0.39, 0.29) is 5.91 Å². The minimum atomic E-state index is -0.0638. The number of hydrogen-bond donors (Lipinski definition) is 1. The second-order valence-electron chi connectivity index (χ2n) is 6.09. The van der Waals surface area contributed by atoms with E-state index in [0.717, 1.165) is 41.8 Å². The summed E-state index contributed by atoms with van der Waals surface area (Å²) in [5.41, 5.74) is 3.20. The third kappa shape index (κ3) is 4.06. The van der Waals surface area contributed by atoms with Crippen LogP contribution >= 0.6 is 0 Å². The first-order valence-electron chi connectivity index (χ1n) is 9.03. The monoisotopic (exact) mass is 348 g/mol. The van der Waals surface area contributed by atoms with Crippen molar-refractivity contribution in [1.29, 1.82) is 0 Å². The molecule has 0 saturated carbocycles. The minimum Gasteiger partial charge on any atom is -0.351 e. The van der Waals surface area contributed by atoms with Gasteiger partial charge in [-0.25, -0.2) is 4.98 Å². The van der Waals surface area contributed by atoms with Crippen molar-refractivity contribution in [2.45, 2.75) is 13.8 Å². The zero-order chi connectivity index (χ0) is 18.4. The average Bonchev–Trinajstić information content (AvgIpc) is 2.71. The van der Waals surface area contributed by atoms with E-state index in [1.807, 2.05) is 42.5 Å². The molecule has 0 aliphatic heterocycles. The number of likely N-dealkylation sites (N-methyl/N-ethyl adjacent to an activating group) is 1. The van der Waals surface area contributed by atoms with E-state index in [9.17, 15) is 4.79 Å². The first-order chi connectivity index (χ1) is 12.7. The third-order valence-corrected chi connectivity index (χ3v) is 4.54. The summed E-state index contributed by atoms with van der Waals surface area (Å²) in [7, 11) is 0. The Balaban J connectivity index is 1.90. The van der Waals surface area contributed by atoms with E-state index in [4.69, 9.17) is 4.98 Å². The maximum absolute atomic E-state index is 12.8. The van der Waals surface area contributed by atoms with Crippen LogP contribution in [0.1, 0.15) is 24.2 Å². The van der Waals surface area contributed by atoms with Crippen LogP contribution in [0.4, 0.5) is 0 Å². The number of para-hydroxylation sites is 1. The molecule has 0 aliphatic carbocycles. The molecule has 0 radical (unpaired) electrons. The lowest BCUT2D eigenvalue weighted by Crippen LogP contribution is -2.34. The first-order valence-corrected chi connectivity index (χ1v) is 9.03. The summed E-state index contributed by atoms with van der Waals surface area (Å²) in [5, 5.41) is 3.91. The lowest BCUT2D eigenvalue weighted by molar-refractivity contribution is 0.0950. The number of pyridine rings is 2. The van der Waals surface area contributed by atoms with Gasteiger partial charge in [-0.05, 0) is 37.4 Å². The van der Waals surface area contributed by atoms with Gasteiger partial charge in [-0.15, -0.1) is 0 Å². The van der Waals surface area contributed by atoms with Crippen molar-refractivity contribution >= 4 is 16.8 Å². The number of carbonyl (C=O) groups is 1. The van der Waals surface area contributed by atoms with Crippen LogP contribution in [0.25, 0.3) is 22.2 Å². The van der Waals surface area contributed by atoms with Crippen LogP contribution < -0.4 is 5.32 Å². The fourth-order valence-corrected chi connectivity index (χ4v) is 3.00. The van der Waals surface area contributed by atoms with Crippen LogP contribution in [0.3, 0.4) is 0 Å². The van der Waals surface area contributed by atoms with Crippen molar-refractivity contribution in [2.24, 2.45) is 0 Å². The largest absolute Gasteiger partial charge is 0.351 e. The van der Waals surface area contributed by atoms with Gasteiger partial charge in [0.25, 0.3) is 5.91 Å². The van der Waals surface area contributed by atoms with Gasteiger partial charge in [0.2, 0.25) is 0 Å². The van der Waals surface area contributed by atoms with Gasteiger partial charge in [0.05, 0.1) is 16.8 Å². The van der Waals surface area contributed by atoms with Crippen molar-refractivity contribution in [3.05, 3.63) is 60.4 Å². The number of benzene rings is 1. The number of aromatic nitrogens is 2. The average molecular weight is 348 g/mol. The Bertz CT molecular complexity index is 876. The summed E-state index contributed by atoms with van der Waals surface area (Å²) in [6, 6.07) is 13.4. The molecule has 3 rings (SSSR count). The molecule has 134 valence electrons. The minimum absolute atomic E-state index is 0.0638. The number of hydrogen-bond acceptors (Lipinski definition) is 4. The van der Waals surface area contributed by atoms with Crippen LogP contribution in [0, 0.1) is 0 Å². The molecule has 5 heteroatoms. The van der Waals surface area contributed by atoms with Crippen molar-refractivity contribution in [3.63, 3.8) is 0 Å². The van der Waals surface area contributed by atoms with E-state index in [0.29, 0.717) is 12.1 Å². The zero-order valence-electron chi connectivity index (χ0n) is 15.3. The van der Waals surface area contributed by atoms with Crippen LogP contribution in [0.2, 0.25) is 0 Å². The number of amides is 1. The third-order valence-electron chi connectivity index (χ3n) is 4.54. The molecule has 0 bridgehead atoms. The maximum Gasteiger partial charge on any atom is 0.252 e. The highest BCUT2D eigenvalue weighted by atomic mass is 16.1. The zero-order valence-corrected chi connectivity index (χ0v) is 15.3. The summed E-state index contributed by atoms with van der Waals surface area (Å²) in [5.74, 6) is -0.0638. The molecule has 2 heterocycles. The van der Waals surface area contributed by atoms with Crippen molar-refractivity contribution in [3.8, 4) is 11.3 Å². The molecule has 1 N–H and O–H groups in total. The van der Waals surface area contributed by atoms with Gasteiger partial charge < -0.3 is 10.2 Å². The summed E-state index contributed by atoms with van der Waals surface area (Å²) in [6.45, 7) is 7.69. The highest BCUT2D eigenvalue weighted by molar-refractivity contribution is 6.07. The molecule has 26 heavy (non-hydrogen) atoms. The van der Waals surface area contributed by atoms with Crippen LogP contribution in [-0.2, 0) is 0 Å². The van der Waals surface area contributed by atoms with E-state index in [2.05, 4.69) is 29.0 Å². The molecular formula is C21H24N4O. The number of nitrogens with one attached hydrogen (secondary N) is 1. The van der Waals surface area contributed by atoms with Crippen LogP contribution in [0.15, 0.2) is 54.9 Å². The lowest BCUT2D eigenvalue weighted by atomic mass is 10.0. The number of fused-ring (bicyclic) bond motifs is 1. The molecule has 0 fully saturated rings. The summed E-state index contributed by atoms with van der Waals surface area (Å²) >= 11 is 0. The molecule has 0 spiro atoms. The van der Waals surface area contributed by atoms with Crippen molar-refractivity contribution in [2.75, 3.05) is 26.2 Å². The van der Waals surface area contributed by atoms with E-state index >= 15 is 0 Å². The molecule has 1 amide bonds. The molecule has 0 aliphatic rings. The fourth-order valence-electron chi connectivity index (χ4n) is 3.00. The lowest BCUT2D eigenvalue weighted by Gasteiger charge is -2.18. The summed E-state index contributed by atoms with van der Waals surface area (Å²) in [6.07, 6.45) is 3.46. The van der Waals surface area contributed by atoms with Crippen molar-refractivity contribution < 1.29 is 4.79 Å². The van der Waals surface area contributed by atoms with Gasteiger partial charge in [0.1, 0.15) is 0 Å². The number of rotatable bonds is 7. The van der Waals surface area contributed by atoms with E-state index in [1.54, 1.807) is 12.4 Å². The van der Waals surface area contributed by atoms with E-state index in [1.165, 1.54) is 0 Å². The molecule has 0 unspecified atom stereocenters. The Labute approximate surface area is 154 Å². The van der Waals surface area contributed by atoms with Gasteiger partial charge in [-0.2, -0.15) is 0 Å². The predicted octanol–water partition coefficient (Wildman–Crippen LogP) is 3.37. The summed E-state index contributed by atoms with van der Waals surface area (Å²) < 4.78 is 0.